The molecule has 2 aromatic heterocycles. The number of aromatic nitrogens is 3. The SMILES string of the molecule is Cl.N[C@@H]1CCCN(c2nc3c4ccccc4n(Cc4ccccc4)c(=O)c3n2Cc2ccccc2Cl)C1. The first kappa shape index (κ1) is 25.3. The largest absolute Gasteiger partial charge is 0.341 e. The van der Waals surface area contributed by atoms with Gasteiger partial charge in [-0.2, -0.15) is 0 Å². The first-order valence-corrected chi connectivity index (χ1v) is 12.8. The van der Waals surface area contributed by atoms with E-state index in [1.165, 1.54) is 0 Å². The van der Waals surface area contributed by atoms with Gasteiger partial charge >= 0.3 is 0 Å². The van der Waals surface area contributed by atoms with Gasteiger partial charge in [-0.25, -0.2) is 4.98 Å². The Morgan fingerprint density at radius 1 is 0.919 bits per heavy atom. The molecule has 1 atom stereocenters. The second kappa shape index (κ2) is 10.6. The third kappa shape index (κ3) is 4.73. The van der Waals surface area contributed by atoms with E-state index in [0.29, 0.717) is 30.2 Å². The van der Waals surface area contributed by atoms with E-state index >= 15 is 0 Å². The zero-order valence-corrected chi connectivity index (χ0v) is 22.0. The van der Waals surface area contributed by atoms with Crippen LogP contribution >= 0.6 is 24.0 Å². The van der Waals surface area contributed by atoms with Crippen molar-refractivity contribution in [2.24, 2.45) is 5.73 Å². The maximum Gasteiger partial charge on any atom is 0.277 e. The summed E-state index contributed by atoms with van der Waals surface area (Å²) in [4.78, 5) is 21.6. The monoisotopic (exact) mass is 533 g/mol. The maximum absolute atomic E-state index is 14.2. The van der Waals surface area contributed by atoms with E-state index in [1.807, 2.05) is 81.9 Å². The summed E-state index contributed by atoms with van der Waals surface area (Å²) in [6, 6.07) is 26.0. The third-order valence-electron chi connectivity index (χ3n) is 7.06. The van der Waals surface area contributed by atoms with Gasteiger partial charge in [0, 0.05) is 29.5 Å². The summed E-state index contributed by atoms with van der Waals surface area (Å²) in [5, 5.41) is 1.63. The molecular formula is C29H29Cl2N5O. The predicted molar refractivity (Wildman–Crippen MR) is 154 cm³/mol. The number of anilines is 1. The zero-order valence-electron chi connectivity index (χ0n) is 20.4. The van der Waals surface area contributed by atoms with E-state index in [-0.39, 0.29) is 24.0 Å². The van der Waals surface area contributed by atoms with E-state index in [2.05, 4.69) is 11.0 Å². The van der Waals surface area contributed by atoms with Gasteiger partial charge in [0.25, 0.3) is 5.56 Å². The average molecular weight is 534 g/mol. The highest BCUT2D eigenvalue weighted by Crippen LogP contribution is 2.30. The smallest absolute Gasteiger partial charge is 0.277 e. The number of benzene rings is 3. The summed E-state index contributed by atoms with van der Waals surface area (Å²) in [6.07, 6.45) is 1.99. The molecule has 190 valence electrons. The van der Waals surface area contributed by atoms with Crippen LogP contribution in [0.4, 0.5) is 5.95 Å². The number of imidazole rings is 1. The quantitative estimate of drug-likeness (QED) is 0.326. The van der Waals surface area contributed by atoms with Crippen LogP contribution in [0.5, 0.6) is 0 Å². The van der Waals surface area contributed by atoms with Crippen LogP contribution in [0.1, 0.15) is 24.0 Å². The lowest BCUT2D eigenvalue weighted by molar-refractivity contribution is 0.495. The molecule has 0 unspecified atom stereocenters. The van der Waals surface area contributed by atoms with Crippen LogP contribution in [-0.2, 0) is 13.1 Å². The molecule has 1 fully saturated rings. The van der Waals surface area contributed by atoms with Gasteiger partial charge < -0.3 is 19.8 Å². The lowest BCUT2D eigenvalue weighted by Gasteiger charge is -2.32. The van der Waals surface area contributed by atoms with Crippen LogP contribution in [-0.4, -0.2) is 33.2 Å². The van der Waals surface area contributed by atoms with Crippen LogP contribution in [0, 0.1) is 0 Å². The molecule has 0 aliphatic carbocycles. The fourth-order valence-electron chi connectivity index (χ4n) is 5.29. The second-order valence-electron chi connectivity index (χ2n) is 9.53. The third-order valence-corrected chi connectivity index (χ3v) is 7.42. The van der Waals surface area contributed by atoms with E-state index < -0.39 is 0 Å². The molecule has 1 aliphatic heterocycles. The van der Waals surface area contributed by atoms with Crippen molar-refractivity contribution in [1.82, 2.24) is 14.1 Å². The Balaban J connectivity index is 0.00000280. The van der Waals surface area contributed by atoms with Crippen LogP contribution in [0.3, 0.4) is 0 Å². The first-order valence-electron chi connectivity index (χ1n) is 12.4. The van der Waals surface area contributed by atoms with Crippen LogP contribution in [0.25, 0.3) is 21.9 Å². The highest BCUT2D eigenvalue weighted by molar-refractivity contribution is 6.31. The first-order chi connectivity index (χ1) is 17.6. The van der Waals surface area contributed by atoms with Crippen LogP contribution in [0.2, 0.25) is 5.02 Å². The van der Waals surface area contributed by atoms with Gasteiger partial charge in [-0.3, -0.25) is 4.79 Å². The highest BCUT2D eigenvalue weighted by Gasteiger charge is 2.26. The van der Waals surface area contributed by atoms with Gasteiger partial charge in [0.15, 0.2) is 0 Å². The Labute approximate surface area is 226 Å². The van der Waals surface area contributed by atoms with E-state index in [1.54, 1.807) is 0 Å². The van der Waals surface area contributed by atoms with Gasteiger partial charge in [0.1, 0.15) is 11.0 Å². The Kier molecular flexibility index (Phi) is 7.24. The second-order valence-corrected chi connectivity index (χ2v) is 9.94. The summed E-state index contributed by atoms with van der Waals surface area (Å²) in [5.74, 6) is 0.778. The molecule has 0 bridgehead atoms. The van der Waals surface area contributed by atoms with Gasteiger partial charge in [0.2, 0.25) is 5.95 Å². The van der Waals surface area contributed by atoms with Crippen molar-refractivity contribution in [2.45, 2.75) is 32.0 Å². The Hall–Kier alpha value is -3.32. The van der Waals surface area contributed by atoms with Gasteiger partial charge in [-0.1, -0.05) is 78.3 Å². The fraction of sp³-hybridized carbons (Fsp3) is 0.241. The molecule has 6 nitrogen and oxygen atoms in total. The fourth-order valence-corrected chi connectivity index (χ4v) is 5.49. The molecular weight excluding hydrogens is 505 g/mol. The number of hydrogen-bond acceptors (Lipinski definition) is 4. The van der Waals surface area contributed by atoms with Crippen molar-refractivity contribution in [3.05, 3.63) is 105 Å². The highest BCUT2D eigenvalue weighted by atomic mass is 35.5. The maximum atomic E-state index is 14.2. The van der Waals surface area contributed by atoms with Crippen LogP contribution < -0.4 is 16.2 Å². The Bertz CT molecular complexity index is 1610. The number of halogens is 2. The van der Waals surface area contributed by atoms with Crippen molar-refractivity contribution < 1.29 is 0 Å². The van der Waals surface area contributed by atoms with Crippen molar-refractivity contribution in [3.8, 4) is 0 Å². The minimum Gasteiger partial charge on any atom is -0.341 e. The minimum absolute atomic E-state index is 0. The molecule has 3 heterocycles. The van der Waals surface area contributed by atoms with E-state index in [0.717, 1.165) is 52.9 Å². The van der Waals surface area contributed by atoms with Crippen LogP contribution in [0.15, 0.2) is 83.7 Å². The normalized spacial score (nSPS) is 15.7. The number of hydrogen-bond donors (Lipinski definition) is 1. The number of pyridine rings is 1. The summed E-state index contributed by atoms with van der Waals surface area (Å²) in [6.45, 7) is 2.51. The van der Waals surface area contributed by atoms with E-state index in [4.69, 9.17) is 22.3 Å². The molecule has 5 aromatic rings. The predicted octanol–water partition coefficient (Wildman–Crippen LogP) is 5.45. The van der Waals surface area contributed by atoms with Gasteiger partial charge in [0.05, 0.1) is 18.6 Å². The van der Waals surface area contributed by atoms with Gasteiger partial charge in [-0.05, 0) is 36.1 Å². The molecule has 1 saturated heterocycles. The number of nitrogens with two attached hydrogens (primary N) is 1. The molecule has 0 spiro atoms. The summed E-state index contributed by atoms with van der Waals surface area (Å²) in [5.41, 5.74) is 10.5. The van der Waals surface area contributed by atoms with Crippen molar-refractivity contribution in [1.29, 1.82) is 0 Å². The molecule has 0 amide bonds. The molecule has 1 aliphatic rings. The summed E-state index contributed by atoms with van der Waals surface area (Å²) >= 11 is 6.58. The van der Waals surface area contributed by atoms with Gasteiger partial charge in [-0.15, -0.1) is 12.4 Å². The van der Waals surface area contributed by atoms with E-state index in [9.17, 15) is 4.79 Å². The average Bonchev–Trinajstić information content (AvgIpc) is 3.28. The number of rotatable bonds is 5. The zero-order chi connectivity index (χ0) is 24.6. The lowest BCUT2D eigenvalue weighted by Crippen LogP contribution is -2.44. The number of nitrogens with zero attached hydrogens (tertiary/aromatic N) is 4. The molecule has 2 N–H and O–H groups in total. The lowest BCUT2D eigenvalue weighted by atomic mass is 10.1. The molecule has 0 saturated carbocycles. The van der Waals surface area contributed by atoms with Crippen molar-refractivity contribution in [3.63, 3.8) is 0 Å². The van der Waals surface area contributed by atoms with Crippen molar-refractivity contribution >= 4 is 51.9 Å². The number of para-hydroxylation sites is 1. The molecule has 8 heteroatoms. The Morgan fingerprint density at radius 2 is 1.65 bits per heavy atom. The summed E-state index contributed by atoms with van der Waals surface area (Å²) in [7, 11) is 0. The number of fused-ring (bicyclic) bond motifs is 3. The topological polar surface area (TPSA) is 69.1 Å². The molecule has 6 rings (SSSR count). The molecule has 37 heavy (non-hydrogen) atoms. The Morgan fingerprint density at radius 3 is 2.43 bits per heavy atom. The number of piperidine rings is 1. The standard InChI is InChI=1S/C29H28ClN5O.ClH/c30-24-14-6-4-11-21(24)18-35-27-26(32-29(35)33-16-8-12-22(31)19-33)23-13-5-7-15-25(23)34(28(27)36)17-20-9-2-1-3-10-20;/h1-7,9-11,13-15,22H,8,12,16-19,31H2;1H/t22-;/m1./s1. The molecule has 3 aromatic carbocycles. The molecule has 0 radical (unpaired) electrons. The summed E-state index contributed by atoms with van der Waals surface area (Å²) < 4.78 is 3.91. The van der Waals surface area contributed by atoms with Crippen molar-refractivity contribution in [2.75, 3.05) is 18.0 Å². The minimum atomic E-state index is -0.0559.